The molecule has 2 heterocycles. The Hall–Kier alpha value is -2.47. The van der Waals surface area contributed by atoms with Gasteiger partial charge < -0.3 is 10.3 Å². The van der Waals surface area contributed by atoms with Gasteiger partial charge in [0.15, 0.2) is 0 Å². The molecule has 1 unspecified atom stereocenters. The lowest BCUT2D eigenvalue weighted by Crippen LogP contribution is -2.41. The zero-order valence-electron chi connectivity index (χ0n) is 16.2. The number of aromatic nitrogens is 2. The molecule has 2 aliphatic rings. The molecule has 0 radical (unpaired) electrons. The van der Waals surface area contributed by atoms with Crippen molar-refractivity contribution in [2.45, 2.75) is 50.5 Å². The molecule has 4 rings (SSSR count). The first-order valence-electron chi connectivity index (χ1n) is 10.3. The molecule has 1 aliphatic heterocycles. The second-order valence-electron chi connectivity index (χ2n) is 7.97. The highest BCUT2D eigenvalue weighted by Crippen LogP contribution is 2.37. The van der Waals surface area contributed by atoms with Gasteiger partial charge >= 0.3 is 0 Å². The third-order valence-corrected chi connectivity index (χ3v) is 5.54. The predicted octanol–water partition coefficient (Wildman–Crippen LogP) is 2.53. The number of benzene rings is 1. The van der Waals surface area contributed by atoms with Crippen LogP contribution in [-0.2, 0) is 11.2 Å². The highest BCUT2D eigenvalue weighted by atomic mass is 16.2. The predicted molar refractivity (Wildman–Crippen MR) is 108 cm³/mol. The standard InChI is InChI=1S/C22H28N4O2/c27-20-14-18(23-22(25-20)17-9-10-17)13-19(16-7-3-1-4-8-16)24-21(28)15-26-11-5-2-6-12-26/h1,3-4,7-8,14,17,19H,2,5-6,9-13,15H2,(H,24,28)(H,23,25,27). The zero-order chi connectivity index (χ0) is 19.3. The van der Waals surface area contributed by atoms with E-state index >= 15 is 0 Å². The summed E-state index contributed by atoms with van der Waals surface area (Å²) in [7, 11) is 0. The summed E-state index contributed by atoms with van der Waals surface area (Å²) in [4.78, 5) is 34.5. The van der Waals surface area contributed by atoms with Crippen molar-refractivity contribution < 1.29 is 4.79 Å². The van der Waals surface area contributed by atoms with Crippen molar-refractivity contribution in [2.75, 3.05) is 19.6 Å². The number of amides is 1. The summed E-state index contributed by atoms with van der Waals surface area (Å²) in [6.07, 6.45) is 6.26. The number of H-pyrrole nitrogens is 1. The zero-order valence-corrected chi connectivity index (χ0v) is 16.2. The number of nitrogens with zero attached hydrogens (tertiary/aromatic N) is 2. The quantitative estimate of drug-likeness (QED) is 0.774. The molecule has 1 saturated heterocycles. The minimum absolute atomic E-state index is 0.0306. The molecule has 28 heavy (non-hydrogen) atoms. The van der Waals surface area contributed by atoms with E-state index in [1.807, 2.05) is 30.3 Å². The molecule has 1 aromatic carbocycles. The maximum Gasteiger partial charge on any atom is 0.251 e. The van der Waals surface area contributed by atoms with E-state index in [1.54, 1.807) is 6.07 Å². The van der Waals surface area contributed by atoms with Gasteiger partial charge in [-0.25, -0.2) is 4.98 Å². The maximum atomic E-state index is 12.7. The van der Waals surface area contributed by atoms with Gasteiger partial charge in [-0.05, 0) is 44.3 Å². The molecule has 1 saturated carbocycles. The van der Waals surface area contributed by atoms with Crippen LogP contribution in [0.1, 0.15) is 61.1 Å². The van der Waals surface area contributed by atoms with Crippen LogP contribution in [0.2, 0.25) is 0 Å². The molecule has 2 fully saturated rings. The topological polar surface area (TPSA) is 78.1 Å². The van der Waals surface area contributed by atoms with Gasteiger partial charge in [0.2, 0.25) is 5.91 Å². The molecule has 0 bridgehead atoms. The Morgan fingerprint density at radius 2 is 1.93 bits per heavy atom. The van der Waals surface area contributed by atoms with Crippen LogP contribution < -0.4 is 10.9 Å². The minimum Gasteiger partial charge on any atom is -0.348 e. The average molecular weight is 380 g/mol. The molecule has 6 nitrogen and oxygen atoms in total. The van der Waals surface area contributed by atoms with E-state index < -0.39 is 0 Å². The van der Waals surface area contributed by atoms with Crippen molar-refractivity contribution in [3.8, 4) is 0 Å². The smallest absolute Gasteiger partial charge is 0.251 e. The largest absolute Gasteiger partial charge is 0.348 e. The Balaban J connectivity index is 1.49. The fraction of sp³-hybridized carbons (Fsp3) is 0.500. The third-order valence-electron chi connectivity index (χ3n) is 5.54. The first kappa shape index (κ1) is 18.9. The van der Waals surface area contributed by atoms with Gasteiger partial charge in [-0.1, -0.05) is 36.8 Å². The monoisotopic (exact) mass is 380 g/mol. The van der Waals surface area contributed by atoms with Gasteiger partial charge in [0.1, 0.15) is 5.82 Å². The van der Waals surface area contributed by atoms with Crippen molar-refractivity contribution in [1.29, 1.82) is 0 Å². The fourth-order valence-electron chi connectivity index (χ4n) is 3.89. The molecule has 148 valence electrons. The van der Waals surface area contributed by atoms with Crippen LogP contribution in [0.15, 0.2) is 41.2 Å². The summed E-state index contributed by atoms with van der Waals surface area (Å²) >= 11 is 0. The Morgan fingerprint density at radius 3 is 2.64 bits per heavy atom. The number of carbonyl (C=O) groups excluding carboxylic acids is 1. The number of likely N-dealkylation sites (tertiary alicyclic amines) is 1. The van der Waals surface area contributed by atoms with Crippen LogP contribution in [0.4, 0.5) is 0 Å². The summed E-state index contributed by atoms with van der Waals surface area (Å²) in [5, 5.41) is 3.18. The van der Waals surface area contributed by atoms with Gasteiger partial charge in [0, 0.05) is 18.4 Å². The second-order valence-corrected chi connectivity index (χ2v) is 7.97. The first-order chi connectivity index (χ1) is 13.7. The van der Waals surface area contributed by atoms with E-state index in [1.165, 1.54) is 6.42 Å². The van der Waals surface area contributed by atoms with E-state index in [9.17, 15) is 9.59 Å². The SMILES string of the molecule is O=C(CN1CCCCC1)NC(Cc1cc(=O)[nH]c(C2CC2)n1)c1ccccc1. The molecular formula is C22H28N4O2. The summed E-state index contributed by atoms with van der Waals surface area (Å²) < 4.78 is 0. The van der Waals surface area contributed by atoms with Crippen LogP contribution in [0, 0.1) is 0 Å². The van der Waals surface area contributed by atoms with E-state index in [2.05, 4.69) is 20.2 Å². The van der Waals surface area contributed by atoms with Crippen molar-refractivity contribution in [1.82, 2.24) is 20.2 Å². The number of aromatic amines is 1. The summed E-state index contributed by atoms with van der Waals surface area (Å²) in [6.45, 7) is 2.41. The van der Waals surface area contributed by atoms with Crippen molar-refractivity contribution in [3.63, 3.8) is 0 Å². The van der Waals surface area contributed by atoms with Crippen molar-refractivity contribution >= 4 is 5.91 Å². The summed E-state index contributed by atoms with van der Waals surface area (Å²) in [6, 6.07) is 11.3. The molecule has 1 amide bonds. The van der Waals surface area contributed by atoms with Gasteiger partial charge in [0.05, 0.1) is 18.3 Å². The van der Waals surface area contributed by atoms with Gasteiger partial charge in [-0.2, -0.15) is 0 Å². The molecule has 1 aliphatic carbocycles. The Labute approximate surface area is 165 Å². The second kappa shape index (κ2) is 8.69. The Morgan fingerprint density at radius 1 is 1.18 bits per heavy atom. The average Bonchev–Trinajstić information content (AvgIpc) is 3.54. The molecule has 6 heteroatoms. The van der Waals surface area contributed by atoms with Crippen LogP contribution in [0.3, 0.4) is 0 Å². The number of hydrogen-bond acceptors (Lipinski definition) is 4. The van der Waals surface area contributed by atoms with Gasteiger partial charge in [0.25, 0.3) is 5.56 Å². The highest BCUT2D eigenvalue weighted by Gasteiger charge is 2.27. The minimum atomic E-state index is -0.195. The van der Waals surface area contributed by atoms with E-state index in [0.29, 0.717) is 18.9 Å². The lowest BCUT2D eigenvalue weighted by molar-refractivity contribution is -0.123. The molecule has 0 spiro atoms. The fourth-order valence-corrected chi connectivity index (χ4v) is 3.89. The van der Waals surface area contributed by atoms with Crippen molar-refractivity contribution in [3.05, 3.63) is 63.8 Å². The van der Waals surface area contributed by atoms with Crippen LogP contribution >= 0.6 is 0 Å². The Kier molecular flexibility index (Phi) is 5.86. The van der Waals surface area contributed by atoms with Crippen LogP contribution in [0.5, 0.6) is 0 Å². The number of nitrogens with one attached hydrogen (secondary N) is 2. The molecule has 1 aromatic heterocycles. The molecule has 1 atom stereocenters. The lowest BCUT2D eigenvalue weighted by atomic mass is 10.0. The number of rotatable bonds is 7. The van der Waals surface area contributed by atoms with E-state index in [0.717, 1.165) is 55.9 Å². The molecular weight excluding hydrogens is 352 g/mol. The maximum absolute atomic E-state index is 12.7. The number of hydrogen-bond donors (Lipinski definition) is 2. The highest BCUT2D eigenvalue weighted by molar-refractivity contribution is 5.78. The number of piperidine rings is 1. The molecule has 2 aromatic rings. The Bertz CT molecular complexity index is 854. The van der Waals surface area contributed by atoms with Crippen molar-refractivity contribution in [2.24, 2.45) is 0 Å². The van der Waals surface area contributed by atoms with E-state index in [4.69, 9.17) is 0 Å². The first-order valence-corrected chi connectivity index (χ1v) is 10.3. The van der Waals surface area contributed by atoms with Crippen LogP contribution in [0.25, 0.3) is 0 Å². The lowest BCUT2D eigenvalue weighted by Gasteiger charge is -2.27. The third kappa shape index (κ3) is 5.07. The van der Waals surface area contributed by atoms with E-state index in [-0.39, 0.29) is 17.5 Å². The van der Waals surface area contributed by atoms with Gasteiger partial charge in [-0.15, -0.1) is 0 Å². The van der Waals surface area contributed by atoms with Gasteiger partial charge in [-0.3, -0.25) is 14.5 Å². The van der Waals surface area contributed by atoms with Crippen LogP contribution in [-0.4, -0.2) is 40.4 Å². The summed E-state index contributed by atoms with van der Waals surface area (Å²) in [5.41, 5.74) is 1.65. The number of carbonyl (C=O) groups is 1. The molecule has 2 N–H and O–H groups in total. The normalized spacial score (nSPS) is 18.6. The summed E-state index contributed by atoms with van der Waals surface area (Å²) in [5.74, 6) is 1.20.